The Morgan fingerprint density at radius 2 is 1.95 bits per heavy atom. The number of hydrogen-bond acceptors (Lipinski definition) is 9. The van der Waals surface area contributed by atoms with Crippen LogP contribution >= 0.6 is 23.1 Å². The molecule has 1 aliphatic rings. The van der Waals surface area contributed by atoms with Gasteiger partial charge in [-0.15, -0.1) is 0 Å². The van der Waals surface area contributed by atoms with Crippen LogP contribution < -0.4 is 20.7 Å². The van der Waals surface area contributed by atoms with Crippen molar-refractivity contribution in [3.05, 3.63) is 94.6 Å². The Hall–Kier alpha value is -4.53. The smallest absolute Gasteiger partial charge is 0.256 e. The van der Waals surface area contributed by atoms with Crippen molar-refractivity contribution in [2.45, 2.75) is 12.8 Å². The first-order chi connectivity index (χ1) is 19.0. The predicted octanol–water partition coefficient (Wildman–Crippen LogP) is 5.60. The molecule has 0 saturated carbocycles. The molecule has 196 valence electrons. The van der Waals surface area contributed by atoms with Crippen molar-refractivity contribution in [3.8, 4) is 11.8 Å². The highest BCUT2D eigenvalue weighted by Gasteiger charge is 2.36. The van der Waals surface area contributed by atoms with Gasteiger partial charge in [-0.2, -0.15) is 5.26 Å². The minimum Gasteiger partial charge on any atom is -0.497 e. The first-order valence-electron chi connectivity index (χ1n) is 11.9. The van der Waals surface area contributed by atoms with Crippen LogP contribution in [0, 0.1) is 11.3 Å². The number of rotatable bonds is 8. The van der Waals surface area contributed by atoms with E-state index in [4.69, 9.17) is 9.15 Å². The molecular weight excluding hydrogens is 534 g/mol. The number of amides is 2. The molecule has 0 spiro atoms. The van der Waals surface area contributed by atoms with Crippen LogP contribution in [0.2, 0.25) is 0 Å². The number of nitrogens with one attached hydrogen (secondary N) is 3. The van der Waals surface area contributed by atoms with Crippen LogP contribution in [0.4, 0.5) is 10.8 Å². The third-order valence-electron chi connectivity index (χ3n) is 5.96. The fraction of sp³-hybridized carbons (Fsp3) is 0.143. The van der Waals surface area contributed by atoms with Crippen LogP contribution in [0.1, 0.15) is 18.6 Å². The first-order valence-corrected chi connectivity index (χ1v) is 13.7. The third kappa shape index (κ3) is 5.67. The van der Waals surface area contributed by atoms with Gasteiger partial charge >= 0.3 is 0 Å². The second-order valence-corrected chi connectivity index (χ2v) is 10.5. The maximum atomic E-state index is 13.5. The summed E-state index contributed by atoms with van der Waals surface area (Å²) < 4.78 is 11.8. The number of nitrogens with zero attached hydrogens (tertiary/aromatic N) is 2. The molecule has 0 unspecified atom stereocenters. The molecule has 39 heavy (non-hydrogen) atoms. The standard InChI is InChI=1S/C28H23N5O4S2/c1-16-24(26(35)33-28-32-20-6-3-4-8-22(20)39-28)25(21-7-5-13-37-21)19(14-29)27(30-16)38-15-23(34)31-17-9-11-18(36-2)12-10-17/h3-13,25,30H,15H2,1-2H3,(H,31,34)(H,32,33,35)/t25-/m0/s1. The van der Waals surface area contributed by atoms with Gasteiger partial charge in [-0.1, -0.05) is 35.2 Å². The number of hydrogen-bond donors (Lipinski definition) is 3. The van der Waals surface area contributed by atoms with E-state index >= 15 is 0 Å². The maximum Gasteiger partial charge on any atom is 0.256 e. The van der Waals surface area contributed by atoms with Gasteiger partial charge in [0.05, 0.1) is 57.5 Å². The molecule has 0 saturated heterocycles. The van der Waals surface area contributed by atoms with Gasteiger partial charge < -0.3 is 19.8 Å². The molecule has 11 heteroatoms. The zero-order valence-electron chi connectivity index (χ0n) is 21.0. The van der Waals surface area contributed by atoms with E-state index in [0.717, 1.165) is 10.2 Å². The molecule has 0 aliphatic carbocycles. The number of allylic oxidation sites excluding steroid dienone is 2. The number of benzene rings is 2. The zero-order valence-corrected chi connectivity index (χ0v) is 22.6. The van der Waals surface area contributed by atoms with Crippen molar-refractivity contribution in [2.75, 3.05) is 23.5 Å². The number of aromatic nitrogens is 1. The summed E-state index contributed by atoms with van der Waals surface area (Å²) in [6.45, 7) is 1.76. The Labute approximate surface area is 232 Å². The quantitative estimate of drug-likeness (QED) is 0.255. The molecule has 3 N–H and O–H groups in total. The van der Waals surface area contributed by atoms with Gasteiger partial charge in [-0.3, -0.25) is 14.9 Å². The highest BCUT2D eigenvalue weighted by atomic mass is 32.2. The molecule has 1 atom stereocenters. The number of thiazole rings is 1. The Morgan fingerprint density at radius 3 is 2.64 bits per heavy atom. The number of thioether (sulfide) groups is 1. The fourth-order valence-electron chi connectivity index (χ4n) is 4.17. The minimum atomic E-state index is -0.757. The Balaban J connectivity index is 1.37. The molecule has 3 heterocycles. The monoisotopic (exact) mass is 557 g/mol. The average molecular weight is 558 g/mol. The second-order valence-electron chi connectivity index (χ2n) is 8.47. The van der Waals surface area contributed by atoms with Gasteiger partial charge in [-0.05, 0) is 55.5 Å². The summed E-state index contributed by atoms with van der Waals surface area (Å²) in [5.74, 6) is -0.214. The van der Waals surface area contributed by atoms with Gasteiger partial charge in [0.1, 0.15) is 11.5 Å². The van der Waals surface area contributed by atoms with Crippen molar-refractivity contribution < 1.29 is 18.7 Å². The predicted molar refractivity (Wildman–Crippen MR) is 152 cm³/mol. The van der Waals surface area contributed by atoms with Gasteiger partial charge in [0.25, 0.3) is 5.91 Å². The van der Waals surface area contributed by atoms with Crippen molar-refractivity contribution in [1.82, 2.24) is 10.3 Å². The second kappa shape index (κ2) is 11.5. The van der Waals surface area contributed by atoms with E-state index in [1.165, 1.54) is 29.4 Å². The lowest BCUT2D eigenvalue weighted by molar-refractivity contribution is -0.114. The minimum absolute atomic E-state index is 0.0466. The largest absolute Gasteiger partial charge is 0.497 e. The van der Waals surface area contributed by atoms with Crippen LogP contribution in [0.5, 0.6) is 5.75 Å². The van der Waals surface area contributed by atoms with Crippen LogP contribution in [0.15, 0.2) is 93.2 Å². The number of dihydropyridines is 1. The molecule has 0 bridgehead atoms. The van der Waals surface area contributed by atoms with Gasteiger partial charge in [-0.25, -0.2) is 4.98 Å². The summed E-state index contributed by atoms with van der Waals surface area (Å²) >= 11 is 2.55. The lowest BCUT2D eigenvalue weighted by Gasteiger charge is -2.28. The van der Waals surface area contributed by atoms with Crippen molar-refractivity contribution in [3.63, 3.8) is 0 Å². The third-order valence-corrected chi connectivity index (χ3v) is 7.92. The molecule has 0 radical (unpaired) electrons. The van der Waals surface area contributed by atoms with E-state index in [1.807, 2.05) is 24.3 Å². The summed E-state index contributed by atoms with van der Waals surface area (Å²) in [6.07, 6.45) is 1.50. The van der Waals surface area contributed by atoms with Gasteiger partial charge in [0, 0.05) is 11.4 Å². The molecule has 2 aromatic heterocycles. The number of carbonyl (C=O) groups is 2. The summed E-state index contributed by atoms with van der Waals surface area (Å²) in [7, 11) is 1.57. The normalized spacial score (nSPS) is 15.1. The lowest BCUT2D eigenvalue weighted by atomic mass is 9.85. The number of ether oxygens (including phenoxy) is 1. The van der Waals surface area contributed by atoms with E-state index in [2.05, 4.69) is 27.0 Å². The summed E-state index contributed by atoms with van der Waals surface area (Å²) in [5, 5.41) is 20.0. The molecule has 0 fully saturated rings. The lowest BCUT2D eigenvalue weighted by Crippen LogP contribution is -2.31. The SMILES string of the molecule is COc1ccc(NC(=O)CSC2=C(C#N)[C@@H](c3ccco3)C(C(=O)Nc3nc4ccccc4s3)=C(C)N2)cc1. The molecular formula is C28H23N5O4S2. The van der Waals surface area contributed by atoms with E-state index in [1.54, 1.807) is 50.4 Å². The molecule has 5 rings (SSSR count). The van der Waals surface area contributed by atoms with E-state index < -0.39 is 11.8 Å². The number of furan rings is 1. The number of anilines is 2. The first kappa shape index (κ1) is 26.1. The number of fused-ring (bicyclic) bond motifs is 1. The van der Waals surface area contributed by atoms with E-state index in [-0.39, 0.29) is 17.2 Å². The van der Waals surface area contributed by atoms with Gasteiger partial charge in [0.15, 0.2) is 5.13 Å². The topological polar surface area (TPSA) is 129 Å². The number of methoxy groups -OCH3 is 1. The van der Waals surface area contributed by atoms with Crippen LogP contribution in [0.25, 0.3) is 10.2 Å². The van der Waals surface area contributed by atoms with Crippen LogP contribution in [-0.4, -0.2) is 29.7 Å². The molecule has 9 nitrogen and oxygen atoms in total. The number of carbonyl (C=O) groups excluding carboxylic acids is 2. The van der Waals surface area contributed by atoms with Crippen LogP contribution in [0.3, 0.4) is 0 Å². The van der Waals surface area contributed by atoms with Gasteiger partial charge in [0.2, 0.25) is 5.91 Å². The van der Waals surface area contributed by atoms with E-state index in [0.29, 0.717) is 38.6 Å². The Morgan fingerprint density at radius 1 is 1.15 bits per heavy atom. The molecule has 2 amide bonds. The molecule has 4 aromatic rings. The van der Waals surface area contributed by atoms with Crippen molar-refractivity contribution in [2.24, 2.45) is 0 Å². The zero-order chi connectivity index (χ0) is 27.4. The Kier molecular flexibility index (Phi) is 7.67. The summed E-state index contributed by atoms with van der Waals surface area (Å²) in [5.41, 5.74) is 2.59. The molecule has 1 aliphatic heterocycles. The Bertz CT molecular complexity index is 1600. The highest BCUT2D eigenvalue weighted by molar-refractivity contribution is 8.03. The fourth-order valence-corrected chi connectivity index (χ4v) is 5.92. The van der Waals surface area contributed by atoms with Crippen LogP contribution in [-0.2, 0) is 9.59 Å². The van der Waals surface area contributed by atoms with Crippen molar-refractivity contribution in [1.29, 1.82) is 5.26 Å². The summed E-state index contributed by atoms with van der Waals surface area (Å²) in [6, 6.07) is 20.3. The van der Waals surface area contributed by atoms with E-state index in [9.17, 15) is 14.9 Å². The summed E-state index contributed by atoms with van der Waals surface area (Å²) in [4.78, 5) is 30.7. The number of nitriles is 1. The maximum absolute atomic E-state index is 13.5. The number of para-hydroxylation sites is 1. The van der Waals surface area contributed by atoms with Crippen molar-refractivity contribution >= 4 is 55.9 Å². The highest BCUT2D eigenvalue weighted by Crippen LogP contribution is 2.41. The average Bonchev–Trinajstić information content (AvgIpc) is 3.61. The molecule has 2 aromatic carbocycles.